The standard InChI is InChI=1S/C20H24ClFN6O5S2.C2H6O3S/c1-20(2)27-18(23)26-19(24)28(20)13-4-9-17(16(21)12-13)33-11-3-10-25-35(31,32)15-7-5-14(6-8-15)34(22,29)30;1-2-6(3,4)5/h4-9,12,25H,3,10-11H2,1-2H3,(H4,23,24,26,27);2H2,1H3,(H,3,4,5). The van der Waals surface area contributed by atoms with Crippen LogP contribution in [-0.4, -0.2) is 66.3 Å². The van der Waals surface area contributed by atoms with Crippen molar-refractivity contribution in [2.75, 3.05) is 23.8 Å². The van der Waals surface area contributed by atoms with Crippen molar-refractivity contribution in [2.24, 2.45) is 21.5 Å². The van der Waals surface area contributed by atoms with Gasteiger partial charge in [-0.1, -0.05) is 11.6 Å². The molecular weight excluding hydrogens is 627 g/mol. The largest absolute Gasteiger partial charge is 0.492 e. The van der Waals surface area contributed by atoms with Gasteiger partial charge in [0, 0.05) is 12.2 Å². The first-order chi connectivity index (χ1) is 18.8. The zero-order valence-electron chi connectivity index (χ0n) is 22.2. The van der Waals surface area contributed by atoms with Crippen molar-refractivity contribution < 1.29 is 38.4 Å². The molecule has 0 unspecified atom stereocenters. The molecule has 1 heterocycles. The first kappa shape index (κ1) is 34.2. The quantitative estimate of drug-likeness (QED) is 0.164. The summed E-state index contributed by atoms with van der Waals surface area (Å²) in [4.78, 5) is 9.12. The zero-order valence-corrected chi connectivity index (χ0v) is 25.4. The number of hydrogen-bond donors (Lipinski definition) is 4. The monoisotopic (exact) mass is 656 g/mol. The Kier molecular flexibility index (Phi) is 11.1. The van der Waals surface area contributed by atoms with Gasteiger partial charge in [0.1, 0.15) is 11.4 Å². The molecule has 0 amide bonds. The average Bonchev–Trinajstić information content (AvgIpc) is 2.83. The molecule has 0 bridgehead atoms. The highest BCUT2D eigenvalue weighted by atomic mass is 35.5. The van der Waals surface area contributed by atoms with Gasteiger partial charge in [-0.3, -0.25) is 9.45 Å². The maximum absolute atomic E-state index is 12.9. The molecule has 2 aromatic carbocycles. The summed E-state index contributed by atoms with van der Waals surface area (Å²) in [5.41, 5.74) is 11.6. The lowest BCUT2D eigenvalue weighted by Gasteiger charge is -2.38. The van der Waals surface area contributed by atoms with E-state index in [9.17, 15) is 29.1 Å². The van der Waals surface area contributed by atoms with Crippen LogP contribution in [0.2, 0.25) is 5.02 Å². The molecule has 0 radical (unpaired) electrons. The van der Waals surface area contributed by atoms with Gasteiger partial charge in [0.25, 0.3) is 10.1 Å². The Labute approximate surface area is 243 Å². The van der Waals surface area contributed by atoms with Crippen LogP contribution >= 0.6 is 11.6 Å². The SMILES string of the molecule is CC1(C)N=C(N)N=C(N)N1c1ccc(OCCCNS(=O)(=O)c2ccc(S(=O)(=O)F)cc2)c(Cl)c1.CCS(=O)(=O)O. The van der Waals surface area contributed by atoms with Crippen LogP contribution in [0.25, 0.3) is 0 Å². The molecule has 0 saturated heterocycles. The van der Waals surface area contributed by atoms with Crippen molar-refractivity contribution in [3.63, 3.8) is 0 Å². The molecule has 1 aliphatic rings. The van der Waals surface area contributed by atoms with E-state index < -0.39 is 40.9 Å². The summed E-state index contributed by atoms with van der Waals surface area (Å²) in [5.74, 6) is 0.428. The van der Waals surface area contributed by atoms with Crippen LogP contribution < -0.4 is 25.8 Å². The Morgan fingerprint density at radius 2 is 1.61 bits per heavy atom. The fourth-order valence-electron chi connectivity index (χ4n) is 3.32. The summed E-state index contributed by atoms with van der Waals surface area (Å²) in [7, 11) is -12.5. The summed E-state index contributed by atoms with van der Waals surface area (Å²) in [6.07, 6.45) is 0.307. The van der Waals surface area contributed by atoms with Crippen molar-refractivity contribution in [1.29, 1.82) is 0 Å². The van der Waals surface area contributed by atoms with Gasteiger partial charge in [0.05, 0.1) is 27.2 Å². The van der Waals surface area contributed by atoms with E-state index in [1.54, 1.807) is 23.1 Å². The van der Waals surface area contributed by atoms with Gasteiger partial charge in [0.2, 0.25) is 21.9 Å². The van der Waals surface area contributed by atoms with Crippen LogP contribution in [0.4, 0.5) is 9.57 Å². The average molecular weight is 657 g/mol. The van der Waals surface area contributed by atoms with Crippen LogP contribution in [-0.2, 0) is 30.4 Å². The number of benzene rings is 2. The van der Waals surface area contributed by atoms with Crippen molar-refractivity contribution in [3.8, 4) is 5.75 Å². The molecule has 0 fully saturated rings. The number of guanidine groups is 2. The molecule has 0 saturated carbocycles. The van der Waals surface area contributed by atoms with E-state index in [1.807, 2.05) is 13.8 Å². The van der Waals surface area contributed by atoms with Gasteiger partial charge < -0.3 is 16.2 Å². The minimum absolute atomic E-state index is 0.0373. The van der Waals surface area contributed by atoms with Crippen molar-refractivity contribution >= 4 is 59.6 Å². The normalized spacial score (nSPS) is 15.3. The number of aliphatic imine (C=N–C) groups is 2. The van der Waals surface area contributed by atoms with E-state index in [0.717, 1.165) is 24.3 Å². The highest BCUT2D eigenvalue weighted by Gasteiger charge is 2.33. The molecule has 0 aliphatic carbocycles. The first-order valence-electron chi connectivity index (χ1n) is 11.7. The summed E-state index contributed by atoms with van der Waals surface area (Å²) in [5, 5.41) is 0.303. The third-order valence-corrected chi connectivity index (χ3v) is 8.56. The predicted octanol–water partition coefficient (Wildman–Crippen LogP) is 1.83. The van der Waals surface area contributed by atoms with Crippen LogP contribution in [0.15, 0.2) is 62.2 Å². The number of rotatable bonds is 10. The Morgan fingerprint density at radius 1 is 1.05 bits per heavy atom. The first-order valence-corrected chi connectivity index (χ1v) is 16.5. The second kappa shape index (κ2) is 13.3. The molecule has 2 aromatic rings. The van der Waals surface area contributed by atoms with Crippen molar-refractivity contribution in [3.05, 3.63) is 47.5 Å². The van der Waals surface area contributed by atoms with Crippen LogP contribution in [0, 0.1) is 0 Å². The number of hydrogen-bond acceptors (Lipinski definition) is 12. The van der Waals surface area contributed by atoms with E-state index in [4.69, 9.17) is 32.4 Å². The van der Waals surface area contributed by atoms with E-state index >= 15 is 0 Å². The molecule has 0 atom stereocenters. The number of sulfonamides is 1. The van der Waals surface area contributed by atoms with E-state index in [-0.39, 0.29) is 35.7 Å². The van der Waals surface area contributed by atoms with E-state index in [1.165, 1.54) is 6.92 Å². The lowest BCUT2D eigenvalue weighted by molar-refractivity contribution is 0.311. The lowest BCUT2D eigenvalue weighted by atomic mass is 10.1. The number of nitrogens with zero attached hydrogens (tertiary/aromatic N) is 3. The number of nitrogens with one attached hydrogen (secondary N) is 1. The predicted molar refractivity (Wildman–Crippen MR) is 153 cm³/mol. The fourth-order valence-corrected chi connectivity index (χ4v) is 5.09. The van der Waals surface area contributed by atoms with E-state index in [2.05, 4.69) is 14.7 Å². The number of halogens is 2. The van der Waals surface area contributed by atoms with Gasteiger partial charge in [0.15, 0.2) is 0 Å². The lowest BCUT2D eigenvalue weighted by Crippen LogP contribution is -2.54. The molecule has 14 nitrogen and oxygen atoms in total. The summed E-state index contributed by atoms with van der Waals surface area (Å²) >= 11 is 6.35. The fraction of sp³-hybridized carbons (Fsp3) is 0.364. The molecule has 0 spiro atoms. The van der Waals surface area contributed by atoms with Crippen molar-refractivity contribution in [2.45, 2.75) is 42.6 Å². The minimum Gasteiger partial charge on any atom is -0.492 e. The third-order valence-electron chi connectivity index (χ3n) is 5.22. The maximum atomic E-state index is 12.9. The molecular formula is C22H30ClFN6O8S3. The Morgan fingerprint density at radius 3 is 2.10 bits per heavy atom. The molecule has 228 valence electrons. The van der Waals surface area contributed by atoms with Crippen LogP contribution in [0.1, 0.15) is 27.2 Å². The van der Waals surface area contributed by atoms with Crippen LogP contribution in [0.5, 0.6) is 5.75 Å². The minimum atomic E-state index is -4.91. The summed E-state index contributed by atoms with van der Waals surface area (Å²) in [6.45, 7) is 5.20. The topological polar surface area (TPSA) is 224 Å². The van der Waals surface area contributed by atoms with E-state index in [0.29, 0.717) is 22.9 Å². The number of anilines is 1. The van der Waals surface area contributed by atoms with Gasteiger partial charge in [-0.2, -0.15) is 21.8 Å². The van der Waals surface area contributed by atoms with Gasteiger partial charge in [-0.25, -0.2) is 18.1 Å². The smallest absolute Gasteiger partial charge is 0.332 e. The highest BCUT2D eigenvalue weighted by molar-refractivity contribution is 7.89. The zero-order chi connectivity index (χ0) is 31.2. The number of ether oxygens (including phenoxy) is 1. The molecule has 0 aromatic heterocycles. The Balaban J connectivity index is 0.000000883. The second-order valence-electron chi connectivity index (χ2n) is 8.76. The summed E-state index contributed by atoms with van der Waals surface area (Å²) < 4.78 is 94.2. The molecule has 41 heavy (non-hydrogen) atoms. The second-order valence-corrected chi connectivity index (χ2v) is 14.0. The number of nitrogens with two attached hydrogens (primary N) is 2. The third kappa shape index (κ3) is 10.1. The summed E-state index contributed by atoms with van der Waals surface area (Å²) in [6, 6.07) is 8.79. The molecule has 1 aliphatic heterocycles. The van der Waals surface area contributed by atoms with Gasteiger partial charge >= 0.3 is 10.2 Å². The maximum Gasteiger partial charge on any atom is 0.332 e. The molecule has 6 N–H and O–H groups in total. The Bertz CT molecular complexity index is 1630. The Hall–Kier alpha value is -3.03. The van der Waals surface area contributed by atoms with Crippen LogP contribution in [0.3, 0.4) is 0 Å². The van der Waals surface area contributed by atoms with Gasteiger partial charge in [-0.15, -0.1) is 3.89 Å². The van der Waals surface area contributed by atoms with Crippen molar-refractivity contribution in [1.82, 2.24) is 4.72 Å². The highest BCUT2D eigenvalue weighted by Crippen LogP contribution is 2.33. The molecule has 3 rings (SSSR count). The molecule has 19 heteroatoms. The van der Waals surface area contributed by atoms with Gasteiger partial charge in [-0.05, 0) is 69.7 Å².